The Morgan fingerprint density at radius 2 is 1.32 bits per heavy atom. The van der Waals surface area contributed by atoms with Crippen molar-refractivity contribution in [1.29, 1.82) is 0 Å². The summed E-state index contributed by atoms with van der Waals surface area (Å²) in [5.41, 5.74) is 0. The van der Waals surface area contributed by atoms with Gasteiger partial charge in [0.2, 0.25) is 0 Å². The summed E-state index contributed by atoms with van der Waals surface area (Å²) in [6.07, 6.45) is 18.2. The number of rotatable bonds is 5. The molecule has 0 heterocycles. The molecular formula is C18H35I. The third kappa shape index (κ3) is 5.93. The van der Waals surface area contributed by atoms with Crippen LogP contribution in [-0.4, -0.2) is 3.92 Å². The summed E-state index contributed by atoms with van der Waals surface area (Å²) in [5, 5.41) is 0. The molecule has 0 aliphatic heterocycles. The maximum absolute atomic E-state index is 2.66. The molecule has 0 spiro atoms. The van der Waals surface area contributed by atoms with E-state index in [1.54, 1.807) is 38.5 Å². The summed E-state index contributed by atoms with van der Waals surface area (Å²) in [4.78, 5) is 0. The van der Waals surface area contributed by atoms with E-state index in [1.807, 2.05) is 0 Å². The lowest BCUT2D eigenvalue weighted by Crippen LogP contribution is -2.25. The summed E-state index contributed by atoms with van der Waals surface area (Å²) >= 11 is 2.66. The highest BCUT2D eigenvalue weighted by molar-refractivity contribution is 14.1. The van der Waals surface area contributed by atoms with Gasteiger partial charge in [-0.05, 0) is 56.3 Å². The number of hydrogen-bond donors (Lipinski definition) is 0. The van der Waals surface area contributed by atoms with Gasteiger partial charge in [-0.1, -0.05) is 75.5 Å². The zero-order valence-electron chi connectivity index (χ0n) is 12.2. The Morgan fingerprint density at radius 3 is 1.84 bits per heavy atom. The largest absolute Gasteiger partial charge is 0.0826 e. The summed E-state index contributed by atoms with van der Waals surface area (Å²) in [6, 6.07) is 0. The van der Waals surface area contributed by atoms with Crippen LogP contribution in [0, 0.1) is 17.8 Å². The zero-order chi connectivity index (χ0) is 12.8. The molecule has 2 fully saturated rings. The van der Waals surface area contributed by atoms with Gasteiger partial charge in [0, 0.05) is 3.92 Å². The first-order chi connectivity index (χ1) is 8.79. The fraction of sp³-hybridized carbons (Fsp3) is 1.00. The average Bonchev–Trinajstić information content (AvgIpc) is 2.41. The predicted octanol–water partition coefficient (Wildman–Crippen LogP) is 7.00. The third-order valence-electron chi connectivity index (χ3n) is 5.48. The summed E-state index contributed by atoms with van der Waals surface area (Å²) < 4.78 is 0.990. The molecule has 0 aromatic rings. The van der Waals surface area contributed by atoms with E-state index >= 15 is 0 Å². The summed E-state index contributed by atoms with van der Waals surface area (Å²) in [7, 11) is 0. The van der Waals surface area contributed by atoms with E-state index in [9.17, 15) is 0 Å². The van der Waals surface area contributed by atoms with Crippen molar-refractivity contribution in [3.8, 4) is 0 Å². The molecule has 0 aromatic carbocycles. The zero-order valence-corrected chi connectivity index (χ0v) is 14.3. The molecule has 2 rings (SSSR count). The van der Waals surface area contributed by atoms with Crippen LogP contribution in [0.15, 0.2) is 0 Å². The van der Waals surface area contributed by atoms with Gasteiger partial charge in [-0.2, -0.15) is 0 Å². The molecule has 0 radical (unpaired) electrons. The fourth-order valence-electron chi connectivity index (χ4n) is 4.18. The van der Waals surface area contributed by atoms with Gasteiger partial charge in [0.25, 0.3) is 0 Å². The third-order valence-corrected chi connectivity index (χ3v) is 6.72. The van der Waals surface area contributed by atoms with Crippen LogP contribution in [0.2, 0.25) is 0 Å². The van der Waals surface area contributed by atoms with Crippen LogP contribution in [0.3, 0.4) is 0 Å². The van der Waals surface area contributed by atoms with E-state index in [2.05, 4.69) is 29.5 Å². The minimum absolute atomic E-state index is 0. The molecule has 0 nitrogen and oxygen atoms in total. The van der Waals surface area contributed by atoms with Crippen molar-refractivity contribution in [2.45, 2.75) is 95.3 Å². The summed E-state index contributed by atoms with van der Waals surface area (Å²) in [5.74, 6) is 3.30. The molecule has 114 valence electrons. The molecular weight excluding hydrogens is 343 g/mol. The number of hydrogen-bond acceptors (Lipinski definition) is 0. The van der Waals surface area contributed by atoms with Gasteiger partial charge < -0.3 is 0 Å². The van der Waals surface area contributed by atoms with Gasteiger partial charge in [0.15, 0.2) is 0 Å². The molecule has 0 amide bonds. The Kier molecular flexibility index (Phi) is 9.01. The first kappa shape index (κ1) is 17.8. The smallest absolute Gasteiger partial charge is 0.0110 e. The van der Waals surface area contributed by atoms with E-state index in [4.69, 9.17) is 0 Å². The Morgan fingerprint density at radius 1 is 0.789 bits per heavy atom. The SMILES string of the molecule is C.CCCCC[C@H]1CC[C@H]([C@H]2CC[C@H](I)CC2)CC1. The minimum Gasteiger partial charge on any atom is -0.0826 e. The molecule has 0 N–H and O–H groups in total. The first-order valence-electron chi connectivity index (χ1n) is 8.43. The van der Waals surface area contributed by atoms with Crippen molar-refractivity contribution in [3.05, 3.63) is 0 Å². The van der Waals surface area contributed by atoms with Crippen LogP contribution in [0.25, 0.3) is 0 Å². The summed E-state index contributed by atoms with van der Waals surface area (Å²) in [6.45, 7) is 2.32. The van der Waals surface area contributed by atoms with Crippen LogP contribution in [0.5, 0.6) is 0 Å². The Balaban J connectivity index is 0.00000180. The van der Waals surface area contributed by atoms with Crippen LogP contribution >= 0.6 is 22.6 Å². The number of halogens is 1. The highest BCUT2D eigenvalue weighted by atomic mass is 127. The quantitative estimate of drug-likeness (QED) is 0.274. The molecule has 2 aliphatic carbocycles. The molecule has 0 saturated heterocycles. The number of unbranched alkanes of at least 4 members (excludes halogenated alkanes) is 2. The number of alkyl halides is 1. The van der Waals surface area contributed by atoms with E-state index < -0.39 is 0 Å². The van der Waals surface area contributed by atoms with E-state index in [0.717, 1.165) is 21.7 Å². The van der Waals surface area contributed by atoms with Crippen LogP contribution < -0.4 is 0 Å². The van der Waals surface area contributed by atoms with Gasteiger partial charge in [0.05, 0.1) is 0 Å². The Hall–Kier alpha value is 0.730. The second kappa shape index (κ2) is 9.63. The highest BCUT2D eigenvalue weighted by Gasteiger charge is 2.29. The van der Waals surface area contributed by atoms with Gasteiger partial charge in [-0.25, -0.2) is 0 Å². The van der Waals surface area contributed by atoms with E-state index in [0.29, 0.717) is 0 Å². The molecule has 0 aromatic heterocycles. The molecule has 0 atom stereocenters. The van der Waals surface area contributed by atoms with Crippen molar-refractivity contribution in [1.82, 2.24) is 0 Å². The maximum atomic E-state index is 2.66. The minimum atomic E-state index is 0. The lowest BCUT2D eigenvalue weighted by atomic mass is 9.70. The predicted molar refractivity (Wildman–Crippen MR) is 96.1 cm³/mol. The van der Waals surface area contributed by atoms with E-state index in [-0.39, 0.29) is 7.43 Å². The van der Waals surface area contributed by atoms with Gasteiger partial charge in [-0.15, -0.1) is 0 Å². The van der Waals surface area contributed by atoms with Crippen molar-refractivity contribution < 1.29 is 0 Å². The maximum Gasteiger partial charge on any atom is 0.0110 e. The van der Waals surface area contributed by atoms with E-state index in [1.165, 1.54) is 38.5 Å². The normalized spacial score (nSPS) is 35.7. The lowest BCUT2D eigenvalue weighted by molar-refractivity contribution is 0.165. The van der Waals surface area contributed by atoms with Gasteiger partial charge in [0.1, 0.15) is 0 Å². The molecule has 19 heavy (non-hydrogen) atoms. The van der Waals surface area contributed by atoms with Crippen molar-refractivity contribution in [2.75, 3.05) is 0 Å². The van der Waals surface area contributed by atoms with Gasteiger partial charge in [-0.3, -0.25) is 0 Å². The highest BCUT2D eigenvalue weighted by Crippen LogP contribution is 2.42. The monoisotopic (exact) mass is 378 g/mol. The van der Waals surface area contributed by atoms with Crippen molar-refractivity contribution >= 4 is 22.6 Å². The molecule has 0 unspecified atom stereocenters. The molecule has 0 bridgehead atoms. The van der Waals surface area contributed by atoms with Crippen molar-refractivity contribution in [2.24, 2.45) is 17.8 Å². The Bertz CT molecular complexity index is 210. The van der Waals surface area contributed by atoms with Gasteiger partial charge >= 0.3 is 0 Å². The molecule has 1 heteroatoms. The second-order valence-electron chi connectivity index (χ2n) is 6.79. The van der Waals surface area contributed by atoms with Crippen LogP contribution in [0.1, 0.15) is 91.4 Å². The topological polar surface area (TPSA) is 0 Å². The van der Waals surface area contributed by atoms with Crippen LogP contribution in [0.4, 0.5) is 0 Å². The molecule has 2 aliphatic rings. The van der Waals surface area contributed by atoms with Crippen molar-refractivity contribution in [3.63, 3.8) is 0 Å². The Labute approximate surface area is 135 Å². The lowest BCUT2D eigenvalue weighted by Gasteiger charge is -2.37. The fourth-order valence-corrected chi connectivity index (χ4v) is 4.90. The average molecular weight is 378 g/mol. The standard InChI is InChI=1S/C17H31I.CH4/c1-2-3-4-5-14-6-8-15(9-7-14)16-10-12-17(18)13-11-16;/h14-17H,2-13H2,1H3;1H4/t14-,15-,16-,17-;. The molecule has 2 saturated carbocycles. The second-order valence-corrected chi connectivity index (χ2v) is 8.55. The van der Waals surface area contributed by atoms with Crippen LogP contribution in [-0.2, 0) is 0 Å². The first-order valence-corrected chi connectivity index (χ1v) is 9.68.